The van der Waals surface area contributed by atoms with Crippen molar-refractivity contribution in [2.45, 2.75) is 26.4 Å². The van der Waals surface area contributed by atoms with Crippen LogP contribution >= 0.6 is 0 Å². The molecule has 7 heteroatoms. The molecule has 0 aliphatic carbocycles. The zero-order valence-corrected chi connectivity index (χ0v) is 13.8. The van der Waals surface area contributed by atoms with E-state index in [4.69, 9.17) is 0 Å². The van der Waals surface area contributed by atoms with Gasteiger partial charge in [0, 0.05) is 38.2 Å². The van der Waals surface area contributed by atoms with Crippen LogP contribution < -0.4 is 0 Å². The van der Waals surface area contributed by atoms with Gasteiger partial charge in [-0.3, -0.25) is 9.59 Å². The molecular weight excluding hydrogens is 321 g/mol. The first-order valence-corrected chi connectivity index (χ1v) is 7.93. The quantitative estimate of drug-likeness (QED) is 0.847. The Kier molecular flexibility index (Phi) is 5.51. The zero-order valence-electron chi connectivity index (χ0n) is 13.8. The maximum absolute atomic E-state index is 12.6. The first-order valence-electron chi connectivity index (χ1n) is 7.93. The van der Waals surface area contributed by atoms with Gasteiger partial charge >= 0.3 is 6.18 Å². The highest BCUT2D eigenvalue weighted by molar-refractivity contribution is 5.94. The summed E-state index contributed by atoms with van der Waals surface area (Å²) in [5.74, 6) is 0.0515. The van der Waals surface area contributed by atoms with Crippen LogP contribution in [-0.4, -0.2) is 47.8 Å². The van der Waals surface area contributed by atoms with Crippen molar-refractivity contribution >= 4 is 11.8 Å². The van der Waals surface area contributed by atoms with Crippen LogP contribution in [0.4, 0.5) is 13.2 Å². The Morgan fingerprint density at radius 1 is 1.00 bits per heavy atom. The second-order valence-electron chi connectivity index (χ2n) is 6.35. The van der Waals surface area contributed by atoms with E-state index in [9.17, 15) is 22.8 Å². The monoisotopic (exact) mass is 342 g/mol. The summed E-state index contributed by atoms with van der Waals surface area (Å²) in [6.07, 6.45) is -3.93. The molecule has 0 aromatic heterocycles. The van der Waals surface area contributed by atoms with E-state index < -0.39 is 11.7 Å². The van der Waals surface area contributed by atoms with Crippen molar-refractivity contribution in [3.63, 3.8) is 0 Å². The third-order valence-corrected chi connectivity index (χ3v) is 3.96. The van der Waals surface area contributed by atoms with E-state index in [-0.39, 0.29) is 23.3 Å². The molecule has 132 valence electrons. The van der Waals surface area contributed by atoms with E-state index in [0.717, 1.165) is 12.1 Å². The van der Waals surface area contributed by atoms with Gasteiger partial charge < -0.3 is 9.80 Å². The van der Waals surface area contributed by atoms with Gasteiger partial charge in [0.15, 0.2) is 0 Å². The summed E-state index contributed by atoms with van der Waals surface area (Å²) < 4.78 is 37.7. The van der Waals surface area contributed by atoms with Crippen LogP contribution in [0.3, 0.4) is 0 Å². The number of hydrogen-bond acceptors (Lipinski definition) is 2. The average Bonchev–Trinajstić information content (AvgIpc) is 2.53. The minimum absolute atomic E-state index is 0.0756. The van der Waals surface area contributed by atoms with Gasteiger partial charge in [0.25, 0.3) is 5.91 Å². The zero-order chi connectivity index (χ0) is 17.9. The highest BCUT2D eigenvalue weighted by Crippen LogP contribution is 2.29. The molecule has 1 heterocycles. The Balaban J connectivity index is 1.94. The third-order valence-electron chi connectivity index (χ3n) is 3.96. The second-order valence-corrected chi connectivity index (χ2v) is 6.35. The van der Waals surface area contributed by atoms with Gasteiger partial charge in [-0.25, -0.2) is 0 Å². The summed E-state index contributed by atoms with van der Waals surface area (Å²) in [7, 11) is 0. The molecule has 0 atom stereocenters. The second kappa shape index (κ2) is 7.23. The summed E-state index contributed by atoms with van der Waals surface area (Å²) >= 11 is 0. The van der Waals surface area contributed by atoms with E-state index in [0.29, 0.717) is 32.6 Å². The molecule has 4 nitrogen and oxygen atoms in total. The normalized spacial score (nSPS) is 15.8. The number of halogens is 3. The molecule has 1 aromatic carbocycles. The highest BCUT2D eigenvalue weighted by atomic mass is 19.4. The molecule has 0 saturated carbocycles. The van der Waals surface area contributed by atoms with Gasteiger partial charge in [-0.1, -0.05) is 13.8 Å². The van der Waals surface area contributed by atoms with Crippen LogP contribution in [0.2, 0.25) is 0 Å². The van der Waals surface area contributed by atoms with E-state index >= 15 is 0 Å². The number of benzene rings is 1. The predicted octanol–water partition coefficient (Wildman–Crippen LogP) is 3.04. The van der Waals surface area contributed by atoms with Crippen molar-refractivity contribution in [2.75, 3.05) is 26.2 Å². The molecule has 0 N–H and O–H groups in total. The van der Waals surface area contributed by atoms with Gasteiger partial charge in [0.1, 0.15) is 0 Å². The maximum atomic E-state index is 12.6. The maximum Gasteiger partial charge on any atom is 0.416 e. The molecule has 2 rings (SSSR count). The Hall–Kier alpha value is -2.05. The highest BCUT2D eigenvalue weighted by Gasteiger charge is 2.31. The Morgan fingerprint density at radius 3 is 1.96 bits per heavy atom. The minimum Gasteiger partial charge on any atom is -0.339 e. The van der Waals surface area contributed by atoms with Gasteiger partial charge in [-0.2, -0.15) is 13.2 Å². The van der Waals surface area contributed by atoms with Gasteiger partial charge in [-0.05, 0) is 30.2 Å². The fourth-order valence-electron chi connectivity index (χ4n) is 2.62. The molecule has 0 unspecified atom stereocenters. The Morgan fingerprint density at radius 2 is 1.50 bits per heavy atom. The number of piperazine rings is 1. The first kappa shape index (κ1) is 18.3. The summed E-state index contributed by atoms with van der Waals surface area (Å²) in [6.45, 7) is 5.65. The number of rotatable bonds is 3. The van der Waals surface area contributed by atoms with Crippen LogP contribution in [0.1, 0.15) is 36.2 Å². The van der Waals surface area contributed by atoms with Gasteiger partial charge in [0.2, 0.25) is 5.91 Å². The number of carbonyl (C=O) groups excluding carboxylic acids is 2. The SMILES string of the molecule is CC(C)CC(=O)N1CCN(C(=O)c2ccc(C(F)(F)F)cc2)CC1. The van der Waals surface area contributed by atoms with Gasteiger partial charge in [0.05, 0.1) is 5.56 Å². The van der Waals surface area contributed by atoms with Crippen molar-refractivity contribution in [2.24, 2.45) is 5.92 Å². The first-order chi connectivity index (χ1) is 11.2. The lowest BCUT2D eigenvalue weighted by atomic mass is 10.1. The molecular formula is C17H21F3N2O2. The largest absolute Gasteiger partial charge is 0.416 e. The molecule has 1 aliphatic heterocycles. The molecule has 24 heavy (non-hydrogen) atoms. The predicted molar refractivity (Wildman–Crippen MR) is 83.4 cm³/mol. The summed E-state index contributed by atoms with van der Waals surface area (Å²) in [5, 5.41) is 0. The standard InChI is InChI=1S/C17H21F3N2O2/c1-12(2)11-15(23)21-7-9-22(10-8-21)16(24)13-3-5-14(6-4-13)17(18,19)20/h3-6,12H,7-11H2,1-2H3. The molecule has 0 spiro atoms. The molecule has 0 bridgehead atoms. The topological polar surface area (TPSA) is 40.6 Å². The molecule has 2 amide bonds. The number of carbonyl (C=O) groups is 2. The number of amides is 2. The van der Waals surface area contributed by atoms with E-state index in [2.05, 4.69) is 0 Å². The van der Waals surface area contributed by atoms with E-state index in [1.54, 1.807) is 9.80 Å². The molecule has 1 fully saturated rings. The van der Waals surface area contributed by atoms with Gasteiger partial charge in [-0.15, -0.1) is 0 Å². The smallest absolute Gasteiger partial charge is 0.339 e. The molecule has 1 saturated heterocycles. The number of alkyl halides is 3. The van der Waals surface area contributed by atoms with Crippen molar-refractivity contribution < 1.29 is 22.8 Å². The number of hydrogen-bond donors (Lipinski definition) is 0. The Bertz CT molecular complexity index is 589. The van der Waals surface area contributed by atoms with E-state index in [1.807, 2.05) is 13.8 Å². The fraction of sp³-hybridized carbons (Fsp3) is 0.529. The number of nitrogens with zero attached hydrogens (tertiary/aromatic N) is 2. The van der Waals surface area contributed by atoms with Crippen LogP contribution in [0.5, 0.6) is 0 Å². The average molecular weight is 342 g/mol. The van der Waals surface area contributed by atoms with Crippen LogP contribution in [0.25, 0.3) is 0 Å². The lowest BCUT2D eigenvalue weighted by Gasteiger charge is -2.35. The van der Waals surface area contributed by atoms with Crippen molar-refractivity contribution in [1.29, 1.82) is 0 Å². The summed E-state index contributed by atoms with van der Waals surface area (Å²) in [4.78, 5) is 27.7. The summed E-state index contributed by atoms with van der Waals surface area (Å²) in [6, 6.07) is 4.22. The van der Waals surface area contributed by atoms with Crippen molar-refractivity contribution in [3.8, 4) is 0 Å². The van der Waals surface area contributed by atoms with Crippen LogP contribution in [0, 0.1) is 5.92 Å². The Labute approximate surface area is 139 Å². The fourth-order valence-corrected chi connectivity index (χ4v) is 2.62. The third kappa shape index (κ3) is 4.49. The lowest BCUT2D eigenvalue weighted by Crippen LogP contribution is -2.50. The molecule has 0 radical (unpaired) electrons. The van der Waals surface area contributed by atoms with Crippen LogP contribution in [0.15, 0.2) is 24.3 Å². The minimum atomic E-state index is -4.41. The van der Waals surface area contributed by atoms with Crippen LogP contribution in [-0.2, 0) is 11.0 Å². The molecule has 1 aromatic rings. The van der Waals surface area contributed by atoms with Crippen molar-refractivity contribution in [3.05, 3.63) is 35.4 Å². The van der Waals surface area contributed by atoms with E-state index in [1.165, 1.54) is 12.1 Å². The summed E-state index contributed by atoms with van der Waals surface area (Å²) in [5.41, 5.74) is -0.548. The molecule has 1 aliphatic rings. The lowest BCUT2D eigenvalue weighted by molar-refractivity contribution is -0.137. The van der Waals surface area contributed by atoms with Crippen molar-refractivity contribution in [1.82, 2.24) is 9.80 Å².